The third kappa shape index (κ3) is 4.52. The number of hydrogen-bond acceptors (Lipinski definition) is 5. The van der Waals surface area contributed by atoms with Crippen LogP contribution in [0.25, 0.3) is 0 Å². The van der Waals surface area contributed by atoms with Crippen molar-refractivity contribution in [2.45, 2.75) is 38.8 Å². The van der Waals surface area contributed by atoms with Gasteiger partial charge in [-0.2, -0.15) is 0 Å². The van der Waals surface area contributed by atoms with Gasteiger partial charge in [-0.3, -0.25) is 4.90 Å². The number of β-amino-alcohol motifs (C(OH)–C–C–N with tert-alkyl or cyclic N) is 1. The number of aliphatic hydroxyl groups is 1. The molecular formula is C19H25N3O2. The number of aryl methyl sites for hydroxylation is 2. The second-order valence-electron chi connectivity index (χ2n) is 6.78. The number of rotatable bonds is 5. The SMILES string of the molecule is Cc1ccc(OC[C@]2(O)CCCN(Cc3cnc(C)nc3)C2)cc1. The van der Waals surface area contributed by atoms with Gasteiger partial charge in [-0.15, -0.1) is 0 Å². The molecule has 2 heterocycles. The lowest BCUT2D eigenvalue weighted by atomic mass is 9.93. The molecule has 128 valence electrons. The first kappa shape index (κ1) is 16.9. The van der Waals surface area contributed by atoms with Crippen LogP contribution in [-0.4, -0.2) is 45.3 Å². The van der Waals surface area contributed by atoms with E-state index in [1.807, 2.05) is 50.5 Å². The highest BCUT2D eigenvalue weighted by atomic mass is 16.5. The van der Waals surface area contributed by atoms with Gasteiger partial charge in [0.1, 0.15) is 23.8 Å². The molecule has 0 amide bonds. The van der Waals surface area contributed by atoms with E-state index in [1.54, 1.807) is 0 Å². The fourth-order valence-electron chi connectivity index (χ4n) is 3.07. The van der Waals surface area contributed by atoms with Gasteiger partial charge in [0.15, 0.2) is 0 Å². The Morgan fingerprint density at radius 3 is 2.58 bits per heavy atom. The van der Waals surface area contributed by atoms with Crippen LogP contribution in [0.1, 0.15) is 29.8 Å². The molecule has 1 N–H and O–H groups in total. The lowest BCUT2D eigenvalue weighted by Gasteiger charge is -2.38. The van der Waals surface area contributed by atoms with Gasteiger partial charge in [-0.25, -0.2) is 9.97 Å². The van der Waals surface area contributed by atoms with Gasteiger partial charge < -0.3 is 9.84 Å². The average molecular weight is 327 g/mol. The van der Waals surface area contributed by atoms with Gasteiger partial charge in [-0.1, -0.05) is 17.7 Å². The molecule has 0 aliphatic carbocycles. The zero-order valence-corrected chi connectivity index (χ0v) is 14.4. The molecule has 0 saturated carbocycles. The Morgan fingerprint density at radius 1 is 1.17 bits per heavy atom. The summed E-state index contributed by atoms with van der Waals surface area (Å²) in [7, 11) is 0. The van der Waals surface area contributed by atoms with E-state index in [9.17, 15) is 5.11 Å². The second-order valence-corrected chi connectivity index (χ2v) is 6.78. The van der Waals surface area contributed by atoms with Gasteiger partial charge in [0.05, 0.1) is 0 Å². The van der Waals surface area contributed by atoms with E-state index in [1.165, 1.54) is 5.56 Å². The third-order valence-electron chi connectivity index (χ3n) is 4.40. The molecule has 1 aliphatic rings. The Labute approximate surface area is 143 Å². The van der Waals surface area contributed by atoms with Crippen LogP contribution in [0.5, 0.6) is 5.75 Å². The normalized spacial score (nSPS) is 21.6. The molecule has 0 bridgehead atoms. The lowest BCUT2D eigenvalue weighted by molar-refractivity contribution is -0.0621. The molecule has 1 aliphatic heterocycles. The number of ether oxygens (including phenoxy) is 1. The smallest absolute Gasteiger partial charge is 0.125 e. The molecule has 1 atom stereocenters. The minimum absolute atomic E-state index is 0.316. The van der Waals surface area contributed by atoms with Crippen molar-refractivity contribution in [3.05, 3.63) is 53.6 Å². The Kier molecular flexibility index (Phi) is 5.11. The van der Waals surface area contributed by atoms with Crippen LogP contribution in [-0.2, 0) is 6.54 Å². The number of aromatic nitrogens is 2. The van der Waals surface area contributed by atoms with E-state index in [0.29, 0.717) is 13.2 Å². The maximum Gasteiger partial charge on any atom is 0.125 e. The molecule has 1 fully saturated rings. The van der Waals surface area contributed by atoms with Gasteiger partial charge in [0.2, 0.25) is 0 Å². The Hall–Kier alpha value is -1.98. The summed E-state index contributed by atoms with van der Waals surface area (Å²) in [4.78, 5) is 10.7. The van der Waals surface area contributed by atoms with Gasteiger partial charge >= 0.3 is 0 Å². The van der Waals surface area contributed by atoms with E-state index in [-0.39, 0.29) is 0 Å². The van der Waals surface area contributed by atoms with Gasteiger partial charge in [0, 0.05) is 31.0 Å². The van der Waals surface area contributed by atoms with Gasteiger partial charge in [0.25, 0.3) is 0 Å². The summed E-state index contributed by atoms with van der Waals surface area (Å²) in [6.07, 6.45) is 5.44. The first-order valence-electron chi connectivity index (χ1n) is 8.44. The van der Waals surface area contributed by atoms with E-state index in [0.717, 1.165) is 43.1 Å². The summed E-state index contributed by atoms with van der Waals surface area (Å²) < 4.78 is 5.82. The molecule has 0 radical (unpaired) electrons. The molecule has 1 saturated heterocycles. The molecule has 2 aromatic rings. The first-order valence-corrected chi connectivity index (χ1v) is 8.44. The van der Waals surface area contributed by atoms with Gasteiger partial charge in [-0.05, 0) is 45.4 Å². The van der Waals surface area contributed by atoms with E-state index >= 15 is 0 Å². The van der Waals surface area contributed by atoms with E-state index in [2.05, 4.69) is 14.9 Å². The number of likely N-dealkylation sites (tertiary alicyclic amines) is 1. The summed E-state index contributed by atoms with van der Waals surface area (Å²) in [5.41, 5.74) is 1.46. The second kappa shape index (κ2) is 7.28. The quantitative estimate of drug-likeness (QED) is 0.914. The summed E-state index contributed by atoms with van der Waals surface area (Å²) in [6.45, 7) is 6.58. The number of hydrogen-bond donors (Lipinski definition) is 1. The van der Waals surface area contributed by atoms with Crippen molar-refractivity contribution >= 4 is 0 Å². The van der Waals surface area contributed by atoms with Crippen molar-refractivity contribution in [1.29, 1.82) is 0 Å². The highest BCUT2D eigenvalue weighted by Crippen LogP contribution is 2.24. The van der Waals surface area contributed by atoms with Crippen molar-refractivity contribution in [2.24, 2.45) is 0 Å². The van der Waals surface area contributed by atoms with Crippen LogP contribution in [0.3, 0.4) is 0 Å². The van der Waals surface area contributed by atoms with Crippen LogP contribution >= 0.6 is 0 Å². The standard InChI is InChI=1S/C19H25N3O2/c1-15-4-6-18(7-5-15)24-14-19(23)8-3-9-22(13-19)12-17-10-20-16(2)21-11-17/h4-7,10-11,23H,3,8-9,12-14H2,1-2H3/t19-/m0/s1. The molecule has 0 unspecified atom stereocenters. The Balaban J connectivity index is 1.56. The Morgan fingerprint density at radius 2 is 1.88 bits per heavy atom. The summed E-state index contributed by atoms with van der Waals surface area (Å²) >= 11 is 0. The zero-order chi connectivity index (χ0) is 17.0. The maximum absolute atomic E-state index is 10.9. The van der Waals surface area contributed by atoms with Crippen molar-refractivity contribution in [3.8, 4) is 5.75 Å². The summed E-state index contributed by atoms with van der Waals surface area (Å²) in [5, 5.41) is 10.9. The fourth-order valence-corrected chi connectivity index (χ4v) is 3.07. The van der Waals surface area contributed by atoms with Crippen LogP contribution in [0.2, 0.25) is 0 Å². The lowest BCUT2D eigenvalue weighted by Crippen LogP contribution is -2.51. The van der Waals surface area contributed by atoms with Crippen LogP contribution in [0.4, 0.5) is 0 Å². The number of benzene rings is 1. The predicted molar refractivity (Wildman–Crippen MR) is 92.9 cm³/mol. The largest absolute Gasteiger partial charge is 0.491 e. The Bertz CT molecular complexity index is 657. The minimum atomic E-state index is -0.811. The minimum Gasteiger partial charge on any atom is -0.491 e. The predicted octanol–water partition coefficient (Wildman–Crippen LogP) is 2.50. The molecular weight excluding hydrogens is 302 g/mol. The van der Waals surface area contributed by atoms with Crippen molar-refractivity contribution in [2.75, 3.05) is 19.7 Å². The number of nitrogens with zero attached hydrogens (tertiary/aromatic N) is 3. The van der Waals surface area contributed by atoms with Crippen LogP contribution in [0, 0.1) is 13.8 Å². The van der Waals surface area contributed by atoms with Crippen LogP contribution in [0.15, 0.2) is 36.7 Å². The monoisotopic (exact) mass is 327 g/mol. The molecule has 5 nitrogen and oxygen atoms in total. The topological polar surface area (TPSA) is 58.5 Å². The van der Waals surface area contributed by atoms with E-state index < -0.39 is 5.60 Å². The molecule has 5 heteroatoms. The highest BCUT2D eigenvalue weighted by molar-refractivity contribution is 5.26. The molecule has 24 heavy (non-hydrogen) atoms. The fraction of sp³-hybridized carbons (Fsp3) is 0.474. The van der Waals surface area contributed by atoms with Crippen molar-refractivity contribution in [3.63, 3.8) is 0 Å². The van der Waals surface area contributed by atoms with Crippen molar-refractivity contribution in [1.82, 2.24) is 14.9 Å². The summed E-state index contributed by atoms with van der Waals surface area (Å²) in [5.74, 6) is 1.58. The zero-order valence-electron chi connectivity index (χ0n) is 14.4. The maximum atomic E-state index is 10.9. The highest BCUT2D eigenvalue weighted by Gasteiger charge is 2.34. The molecule has 1 aromatic carbocycles. The third-order valence-corrected chi connectivity index (χ3v) is 4.40. The summed E-state index contributed by atoms with van der Waals surface area (Å²) in [6, 6.07) is 7.93. The van der Waals surface area contributed by atoms with E-state index in [4.69, 9.17) is 4.74 Å². The number of piperidine rings is 1. The molecule has 3 rings (SSSR count). The average Bonchev–Trinajstić information content (AvgIpc) is 2.57. The molecule has 0 spiro atoms. The molecule has 1 aromatic heterocycles. The van der Waals surface area contributed by atoms with Crippen LogP contribution < -0.4 is 4.74 Å². The van der Waals surface area contributed by atoms with Crippen molar-refractivity contribution < 1.29 is 9.84 Å². The first-order chi connectivity index (χ1) is 11.5.